The van der Waals surface area contributed by atoms with Gasteiger partial charge >= 0.3 is 0 Å². The summed E-state index contributed by atoms with van der Waals surface area (Å²) < 4.78 is 24.7. The maximum Gasteiger partial charge on any atom is 0.165 e. The highest BCUT2D eigenvalue weighted by molar-refractivity contribution is 5.85. The zero-order valence-electron chi connectivity index (χ0n) is 6.71. The first kappa shape index (κ1) is 12.1. The van der Waals surface area contributed by atoms with Crippen LogP contribution in [0.25, 0.3) is 0 Å². The largest absolute Gasteiger partial charge is 0.505 e. The lowest BCUT2D eigenvalue weighted by atomic mass is 10.1. The molecule has 0 heterocycles. The third kappa shape index (κ3) is 2.54. The zero-order valence-corrected chi connectivity index (χ0v) is 7.52. The second-order valence-corrected chi connectivity index (χ2v) is 2.44. The lowest BCUT2D eigenvalue weighted by molar-refractivity contribution is 0.396. The van der Waals surface area contributed by atoms with Gasteiger partial charge in [0, 0.05) is 5.56 Å². The molecule has 0 radical (unpaired) electrons. The molecule has 74 valence electrons. The Morgan fingerprint density at radius 1 is 1.46 bits per heavy atom. The lowest BCUT2D eigenvalue weighted by Crippen LogP contribution is -2.12. The van der Waals surface area contributed by atoms with E-state index in [4.69, 9.17) is 10.8 Å². The van der Waals surface area contributed by atoms with E-state index < -0.39 is 24.3 Å². The summed E-state index contributed by atoms with van der Waals surface area (Å²) in [5, 5.41) is 9.08. The number of nitrogens with two attached hydrogens (primary N) is 1. The van der Waals surface area contributed by atoms with Gasteiger partial charge in [0.15, 0.2) is 11.6 Å². The van der Waals surface area contributed by atoms with Gasteiger partial charge in [-0.25, -0.2) is 8.78 Å². The molecule has 1 aromatic carbocycles. The summed E-state index contributed by atoms with van der Waals surface area (Å²) in [6.07, 6.45) is 0. The van der Waals surface area contributed by atoms with Gasteiger partial charge < -0.3 is 10.8 Å². The fourth-order valence-electron chi connectivity index (χ4n) is 0.914. The molecule has 0 spiro atoms. The van der Waals surface area contributed by atoms with Gasteiger partial charge in [0.05, 0.1) is 6.04 Å². The van der Waals surface area contributed by atoms with E-state index in [9.17, 15) is 8.78 Å². The molecular weight excluding hydrogens is 200 g/mol. The van der Waals surface area contributed by atoms with Crippen molar-refractivity contribution in [2.24, 2.45) is 5.73 Å². The van der Waals surface area contributed by atoms with Crippen LogP contribution in [-0.4, -0.2) is 11.8 Å². The molecule has 0 aliphatic rings. The number of aromatic hydroxyl groups is 1. The first-order valence-corrected chi connectivity index (χ1v) is 3.45. The van der Waals surface area contributed by atoms with Crippen molar-refractivity contribution < 1.29 is 13.9 Å². The van der Waals surface area contributed by atoms with Crippen molar-refractivity contribution in [3.05, 3.63) is 29.6 Å². The molecule has 0 unspecified atom stereocenters. The van der Waals surface area contributed by atoms with Gasteiger partial charge in [-0.2, -0.15) is 0 Å². The van der Waals surface area contributed by atoms with Crippen LogP contribution in [-0.2, 0) is 0 Å². The Kier molecular flexibility index (Phi) is 4.66. The summed E-state index contributed by atoms with van der Waals surface area (Å²) in [5.74, 6) is -1.35. The minimum Gasteiger partial charge on any atom is -0.505 e. The minimum absolute atomic E-state index is 0. The highest BCUT2D eigenvalue weighted by atomic mass is 35.5. The Hall–Kier alpha value is -0.870. The van der Waals surface area contributed by atoms with E-state index in [-0.39, 0.29) is 18.0 Å². The molecule has 1 aromatic rings. The number of hydrogen-bond donors (Lipinski definition) is 2. The number of benzene rings is 1. The molecule has 1 atom stereocenters. The third-order valence-electron chi connectivity index (χ3n) is 1.58. The van der Waals surface area contributed by atoms with Crippen LogP contribution in [0.1, 0.15) is 11.6 Å². The predicted octanol–water partition coefficient (Wildman–Crippen LogP) is 1.92. The minimum atomic E-state index is -0.958. The Bertz CT molecular complexity index is 283. The number of rotatable bonds is 2. The Morgan fingerprint density at radius 3 is 2.62 bits per heavy atom. The van der Waals surface area contributed by atoms with Gasteiger partial charge in [0.1, 0.15) is 6.67 Å². The standard InChI is InChI=1S/C8H9F2NO.ClH/c9-4-7(11)5-2-1-3-6(10)8(5)12;/h1-3,7,12H,4,11H2;1H/t7-;/m0./s1. The first-order valence-electron chi connectivity index (χ1n) is 3.45. The highest BCUT2D eigenvalue weighted by Gasteiger charge is 2.12. The maximum atomic E-state index is 12.6. The summed E-state index contributed by atoms with van der Waals surface area (Å²) in [5.41, 5.74) is 5.36. The molecule has 0 aromatic heterocycles. The van der Waals surface area contributed by atoms with Crippen molar-refractivity contribution in [3.8, 4) is 5.75 Å². The Labute approximate surface area is 80.8 Å². The Balaban J connectivity index is 0.00000144. The first-order chi connectivity index (χ1) is 5.66. The second kappa shape index (κ2) is 4.99. The van der Waals surface area contributed by atoms with Crippen molar-refractivity contribution in [2.45, 2.75) is 6.04 Å². The molecule has 0 bridgehead atoms. The number of para-hydroxylation sites is 1. The maximum absolute atomic E-state index is 12.6. The molecular formula is C8H10ClF2NO. The summed E-state index contributed by atoms with van der Waals surface area (Å²) in [6, 6.07) is 2.90. The predicted molar refractivity (Wildman–Crippen MR) is 48.2 cm³/mol. The molecule has 0 aliphatic carbocycles. The topological polar surface area (TPSA) is 46.2 Å². The van der Waals surface area contributed by atoms with Gasteiger partial charge in [-0.3, -0.25) is 0 Å². The van der Waals surface area contributed by atoms with E-state index in [1.165, 1.54) is 12.1 Å². The number of phenolic OH excluding ortho intramolecular Hbond substituents is 1. The fraction of sp³-hybridized carbons (Fsp3) is 0.250. The molecule has 0 amide bonds. The second-order valence-electron chi connectivity index (χ2n) is 2.44. The number of phenols is 1. The van der Waals surface area contributed by atoms with Gasteiger partial charge in [-0.15, -0.1) is 12.4 Å². The highest BCUT2D eigenvalue weighted by Crippen LogP contribution is 2.25. The molecule has 13 heavy (non-hydrogen) atoms. The SMILES string of the molecule is Cl.N[C@@H](CF)c1cccc(F)c1O. The normalized spacial score (nSPS) is 11.9. The molecule has 3 N–H and O–H groups in total. The van der Waals surface area contributed by atoms with Crippen LogP contribution < -0.4 is 5.73 Å². The summed E-state index contributed by atoms with van der Waals surface area (Å²) in [4.78, 5) is 0. The van der Waals surface area contributed by atoms with Crippen molar-refractivity contribution in [3.63, 3.8) is 0 Å². The number of halogens is 3. The molecule has 0 fully saturated rings. The van der Waals surface area contributed by atoms with E-state index >= 15 is 0 Å². The number of hydrogen-bond acceptors (Lipinski definition) is 2. The molecule has 0 aliphatic heterocycles. The zero-order chi connectivity index (χ0) is 9.14. The van der Waals surface area contributed by atoms with Crippen LogP contribution in [0.4, 0.5) is 8.78 Å². The van der Waals surface area contributed by atoms with Crippen LogP contribution >= 0.6 is 12.4 Å². The van der Waals surface area contributed by atoms with Gasteiger partial charge in [0.2, 0.25) is 0 Å². The van der Waals surface area contributed by atoms with Gasteiger partial charge in [-0.1, -0.05) is 12.1 Å². The molecule has 2 nitrogen and oxygen atoms in total. The average molecular weight is 210 g/mol. The monoisotopic (exact) mass is 209 g/mol. The lowest BCUT2D eigenvalue weighted by Gasteiger charge is -2.09. The van der Waals surface area contributed by atoms with E-state index in [2.05, 4.69) is 0 Å². The number of alkyl halides is 1. The summed E-state index contributed by atoms with van der Waals surface area (Å²) in [6.45, 7) is -0.822. The van der Waals surface area contributed by atoms with Gasteiger partial charge in [0.25, 0.3) is 0 Å². The molecule has 1 rings (SSSR count). The van der Waals surface area contributed by atoms with E-state index in [1.807, 2.05) is 0 Å². The van der Waals surface area contributed by atoms with E-state index in [0.717, 1.165) is 6.07 Å². The fourth-order valence-corrected chi connectivity index (χ4v) is 0.914. The van der Waals surface area contributed by atoms with Crippen LogP contribution in [0.5, 0.6) is 5.75 Å². The van der Waals surface area contributed by atoms with Crippen molar-refractivity contribution in [2.75, 3.05) is 6.67 Å². The third-order valence-corrected chi connectivity index (χ3v) is 1.58. The molecule has 0 saturated heterocycles. The average Bonchev–Trinajstić information content (AvgIpc) is 2.08. The summed E-state index contributed by atoms with van der Waals surface area (Å²) in [7, 11) is 0. The molecule has 0 saturated carbocycles. The van der Waals surface area contributed by atoms with Crippen molar-refractivity contribution >= 4 is 12.4 Å². The van der Waals surface area contributed by atoms with E-state index in [1.54, 1.807) is 0 Å². The van der Waals surface area contributed by atoms with Crippen LogP contribution in [0.2, 0.25) is 0 Å². The molecule has 5 heteroatoms. The summed E-state index contributed by atoms with van der Waals surface area (Å²) >= 11 is 0. The van der Waals surface area contributed by atoms with Crippen LogP contribution in [0, 0.1) is 5.82 Å². The van der Waals surface area contributed by atoms with Crippen LogP contribution in [0.3, 0.4) is 0 Å². The van der Waals surface area contributed by atoms with Crippen LogP contribution in [0.15, 0.2) is 18.2 Å². The van der Waals surface area contributed by atoms with E-state index in [0.29, 0.717) is 0 Å². The Morgan fingerprint density at radius 2 is 2.08 bits per heavy atom. The van der Waals surface area contributed by atoms with Gasteiger partial charge in [-0.05, 0) is 6.07 Å². The van der Waals surface area contributed by atoms with Crippen molar-refractivity contribution in [1.82, 2.24) is 0 Å². The smallest absolute Gasteiger partial charge is 0.165 e. The van der Waals surface area contributed by atoms with Crippen molar-refractivity contribution in [1.29, 1.82) is 0 Å². The quantitative estimate of drug-likeness (QED) is 0.782.